The topological polar surface area (TPSA) is 54.7 Å². The van der Waals surface area contributed by atoms with Gasteiger partial charge in [-0.05, 0) is 37.5 Å². The first-order valence-corrected chi connectivity index (χ1v) is 6.99. The van der Waals surface area contributed by atoms with E-state index in [1.54, 1.807) is 0 Å². The van der Waals surface area contributed by atoms with Crippen LogP contribution < -0.4 is 0 Å². The first-order chi connectivity index (χ1) is 9.60. The Morgan fingerprint density at radius 3 is 2.60 bits per heavy atom. The molecule has 0 spiro atoms. The van der Waals surface area contributed by atoms with E-state index in [0.717, 1.165) is 12.2 Å². The van der Waals surface area contributed by atoms with Gasteiger partial charge in [-0.3, -0.25) is 0 Å². The molecule has 0 saturated heterocycles. The third-order valence-electron chi connectivity index (χ3n) is 3.84. The average Bonchev–Trinajstić information content (AvgIpc) is 3.01. The Hall–Kier alpha value is -2.10. The standard InChI is InChI=1S/C16H19N3O/c1-5-13-18-14(20-19-13)8-12-11(4)17-16-10(3)7-6-9(2)15(12)16/h6-7,17H,5,8H2,1-4H3. The van der Waals surface area contributed by atoms with Crippen LogP contribution >= 0.6 is 0 Å². The van der Waals surface area contributed by atoms with Gasteiger partial charge in [-0.2, -0.15) is 4.98 Å². The molecule has 0 aliphatic carbocycles. The smallest absolute Gasteiger partial charge is 0.231 e. The highest BCUT2D eigenvalue weighted by Crippen LogP contribution is 2.29. The van der Waals surface area contributed by atoms with E-state index < -0.39 is 0 Å². The predicted molar refractivity (Wildman–Crippen MR) is 79.0 cm³/mol. The zero-order valence-corrected chi connectivity index (χ0v) is 12.4. The summed E-state index contributed by atoms with van der Waals surface area (Å²) >= 11 is 0. The van der Waals surface area contributed by atoms with Gasteiger partial charge in [-0.1, -0.05) is 24.2 Å². The number of hydrogen-bond acceptors (Lipinski definition) is 3. The molecule has 1 aromatic carbocycles. The fraction of sp³-hybridized carbons (Fsp3) is 0.375. The second kappa shape index (κ2) is 4.78. The molecule has 4 nitrogen and oxygen atoms in total. The van der Waals surface area contributed by atoms with Crippen LogP contribution in [0.5, 0.6) is 0 Å². The summed E-state index contributed by atoms with van der Waals surface area (Å²) in [7, 11) is 0. The zero-order chi connectivity index (χ0) is 14.3. The zero-order valence-electron chi connectivity index (χ0n) is 12.4. The van der Waals surface area contributed by atoms with Crippen LogP contribution in [0.25, 0.3) is 10.9 Å². The molecule has 0 aliphatic heterocycles. The number of rotatable bonds is 3. The molecule has 104 valence electrons. The average molecular weight is 269 g/mol. The molecular formula is C16H19N3O. The van der Waals surface area contributed by atoms with Crippen molar-refractivity contribution in [1.82, 2.24) is 15.1 Å². The Morgan fingerprint density at radius 1 is 1.15 bits per heavy atom. The van der Waals surface area contributed by atoms with Gasteiger partial charge >= 0.3 is 0 Å². The number of nitrogens with zero attached hydrogens (tertiary/aromatic N) is 2. The van der Waals surface area contributed by atoms with Crippen LogP contribution in [0.3, 0.4) is 0 Å². The Bertz CT molecular complexity index is 767. The SMILES string of the molecule is CCc1noc(Cc2c(C)[nH]c3c(C)ccc(C)c23)n1. The summed E-state index contributed by atoms with van der Waals surface area (Å²) in [5.74, 6) is 1.46. The highest BCUT2D eigenvalue weighted by atomic mass is 16.5. The summed E-state index contributed by atoms with van der Waals surface area (Å²) in [6.45, 7) is 8.40. The van der Waals surface area contributed by atoms with Crippen molar-refractivity contribution < 1.29 is 4.52 Å². The van der Waals surface area contributed by atoms with E-state index in [1.807, 2.05) is 6.92 Å². The minimum atomic E-state index is 0.684. The first kappa shape index (κ1) is 12.9. The molecule has 3 rings (SSSR count). The minimum Gasteiger partial charge on any atom is -0.358 e. The summed E-state index contributed by atoms with van der Waals surface area (Å²) in [6, 6.07) is 4.32. The van der Waals surface area contributed by atoms with Crippen LogP contribution in [-0.2, 0) is 12.8 Å². The number of aromatic nitrogens is 3. The number of aryl methyl sites for hydroxylation is 4. The molecular weight excluding hydrogens is 250 g/mol. The number of aromatic amines is 1. The number of nitrogens with one attached hydrogen (secondary N) is 1. The fourth-order valence-corrected chi connectivity index (χ4v) is 2.69. The van der Waals surface area contributed by atoms with Crippen LogP contribution in [0.4, 0.5) is 0 Å². The molecule has 0 bridgehead atoms. The van der Waals surface area contributed by atoms with Crippen LogP contribution in [0.1, 0.15) is 41.0 Å². The van der Waals surface area contributed by atoms with Gasteiger partial charge in [-0.25, -0.2) is 0 Å². The number of fused-ring (bicyclic) bond motifs is 1. The summed E-state index contributed by atoms with van der Waals surface area (Å²) in [6.07, 6.45) is 1.48. The van der Waals surface area contributed by atoms with E-state index in [2.05, 4.69) is 48.0 Å². The molecule has 3 aromatic rings. The summed E-state index contributed by atoms with van der Waals surface area (Å²) in [5, 5.41) is 5.26. The third kappa shape index (κ3) is 2.01. The van der Waals surface area contributed by atoms with E-state index in [-0.39, 0.29) is 0 Å². The van der Waals surface area contributed by atoms with Crippen LogP contribution in [-0.4, -0.2) is 15.1 Å². The lowest BCUT2D eigenvalue weighted by Crippen LogP contribution is -1.92. The molecule has 0 atom stereocenters. The van der Waals surface area contributed by atoms with E-state index in [9.17, 15) is 0 Å². The van der Waals surface area contributed by atoms with Crippen molar-refractivity contribution in [2.75, 3.05) is 0 Å². The molecule has 4 heteroatoms. The van der Waals surface area contributed by atoms with Crippen molar-refractivity contribution in [3.63, 3.8) is 0 Å². The second-order valence-electron chi connectivity index (χ2n) is 5.31. The molecule has 2 heterocycles. The molecule has 1 N–H and O–H groups in total. The Balaban J connectivity index is 2.11. The number of hydrogen-bond donors (Lipinski definition) is 1. The Kier molecular flexibility index (Phi) is 3.08. The largest absolute Gasteiger partial charge is 0.358 e. The van der Waals surface area contributed by atoms with Crippen molar-refractivity contribution in [3.05, 3.63) is 46.2 Å². The minimum absolute atomic E-state index is 0.684. The molecule has 2 aromatic heterocycles. The van der Waals surface area contributed by atoms with E-state index in [4.69, 9.17) is 4.52 Å². The molecule has 0 fully saturated rings. The van der Waals surface area contributed by atoms with Gasteiger partial charge in [0.1, 0.15) is 0 Å². The summed E-state index contributed by atoms with van der Waals surface area (Å²) in [5.41, 5.74) is 6.19. The van der Waals surface area contributed by atoms with Crippen molar-refractivity contribution in [3.8, 4) is 0 Å². The van der Waals surface area contributed by atoms with Gasteiger partial charge < -0.3 is 9.51 Å². The Labute approximate surface area is 118 Å². The van der Waals surface area contributed by atoms with Gasteiger partial charge in [0.25, 0.3) is 0 Å². The molecule has 0 saturated carbocycles. The lowest BCUT2D eigenvalue weighted by Gasteiger charge is -2.02. The summed E-state index contributed by atoms with van der Waals surface area (Å²) < 4.78 is 5.33. The molecule has 0 aliphatic rings. The highest BCUT2D eigenvalue weighted by molar-refractivity contribution is 5.90. The maximum atomic E-state index is 5.33. The van der Waals surface area contributed by atoms with E-state index >= 15 is 0 Å². The van der Waals surface area contributed by atoms with Crippen LogP contribution in [0, 0.1) is 20.8 Å². The molecule has 0 radical (unpaired) electrons. The first-order valence-electron chi connectivity index (χ1n) is 6.99. The van der Waals surface area contributed by atoms with Crippen molar-refractivity contribution >= 4 is 10.9 Å². The maximum Gasteiger partial charge on any atom is 0.231 e. The van der Waals surface area contributed by atoms with Crippen molar-refractivity contribution in [2.24, 2.45) is 0 Å². The second-order valence-corrected chi connectivity index (χ2v) is 5.31. The van der Waals surface area contributed by atoms with Gasteiger partial charge in [0, 0.05) is 23.0 Å². The van der Waals surface area contributed by atoms with Gasteiger partial charge in [0.05, 0.1) is 6.42 Å². The van der Waals surface area contributed by atoms with Crippen LogP contribution in [0.2, 0.25) is 0 Å². The Morgan fingerprint density at radius 2 is 1.90 bits per heavy atom. The predicted octanol–water partition coefficient (Wildman–Crippen LogP) is 3.63. The van der Waals surface area contributed by atoms with Gasteiger partial charge in [0.15, 0.2) is 5.82 Å². The van der Waals surface area contributed by atoms with E-state index in [1.165, 1.54) is 33.3 Å². The van der Waals surface area contributed by atoms with Gasteiger partial charge in [0.2, 0.25) is 5.89 Å². The molecule has 20 heavy (non-hydrogen) atoms. The maximum absolute atomic E-state index is 5.33. The monoisotopic (exact) mass is 269 g/mol. The lowest BCUT2D eigenvalue weighted by molar-refractivity contribution is 0.380. The van der Waals surface area contributed by atoms with Gasteiger partial charge in [-0.15, -0.1) is 0 Å². The number of H-pyrrole nitrogens is 1. The fourth-order valence-electron chi connectivity index (χ4n) is 2.69. The highest BCUT2D eigenvalue weighted by Gasteiger charge is 2.15. The quantitative estimate of drug-likeness (QED) is 0.790. The lowest BCUT2D eigenvalue weighted by atomic mass is 10.0. The number of benzene rings is 1. The van der Waals surface area contributed by atoms with Crippen molar-refractivity contribution in [2.45, 2.75) is 40.5 Å². The third-order valence-corrected chi connectivity index (χ3v) is 3.84. The molecule has 0 unspecified atom stereocenters. The normalized spacial score (nSPS) is 11.4. The molecule has 0 amide bonds. The summed E-state index contributed by atoms with van der Waals surface area (Å²) in [4.78, 5) is 7.90. The van der Waals surface area contributed by atoms with E-state index in [0.29, 0.717) is 12.3 Å². The van der Waals surface area contributed by atoms with Crippen molar-refractivity contribution in [1.29, 1.82) is 0 Å². The van der Waals surface area contributed by atoms with Crippen LogP contribution in [0.15, 0.2) is 16.7 Å².